The second-order valence-electron chi connectivity index (χ2n) is 3.95. The van der Waals surface area contributed by atoms with Crippen molar-refractivity contribution >= 4 is 15.9 Å². The van der Waals surface area contributed by atoms with Crippen LogP contribution in [0.3, 0.4) is 0 Å². The first-order chi connectivity index (χ1) is 8.60. The van der Waals surface area contributed by atoms with Gasteiger partial charge in [0.05, 0.1) is 0 Å². The summed E-state index contributed by atoms with van der Waals surface area (Å²) < 4.78 is 27.6. The number of fused-ring (bicyclic) bond motifs is 1. The van der Waals surface area contributed by atoms with Gasteiger partial charge in [-0.05, 0) is 12.1 Å². The van der Waals surface area contributed by atoms with Gasteiger partial charge in [-0.3, -0.25) is 0 Å². The number of sulfonamides is 1. The molecule has 0 saturated carbocycles. The molecule has 0 fully saturated rings. The zero-order chi connectivity index (χ0) is 13.2. The normalized spacial score (nSPS) is 16.2. The fourth-order valence-electron chi connectivity index (χ4n) is 1.95. The lowest BCUT2D eigenvalue weighted by molar-refractivity contribution is 0.440. The van der Waals surface area contributed by atoms with Gasteiger partial charge in [-0.15, -0.1) is 4.40 Å². The van der Waals surface area contributed by atoms with E-state index >= 15 is 0 Å². The fraction of sp³-hybridized carbons (Fsp3) is 0.364. The number of hydrogen-bond acceptors (Lipinski definition) is 5. The van der Waals surface area contributed by atoms with E-state index in [2.05, 4.69) is 4.40 Å². The molecule has 0 radical (unpaired) electrons. The van der Waals surface area contributed by atoms with Gasteiger partial charge in [-0.25, -0.2) is 0 Å². The molecule has 6 nitrogen and oxygen atoms in total. The van der Waals surface area contributed by atoms with Crippen LogP contribution in [-0.4, -0.2) is 45.3 Å². The molecule has 1 heterocycles. The summed E-state index contributed by atoms with van der Waals surface area (Å²) in [7, 11) is -3.57. The highest BCUT2D eigenvalue weighted by Crippen LogP contribution is 2.27. The van der Waals surface area contributed by atoms with Crippen LogP contribution in [0.2, 0.25) is 0 Å². The van der Waals surface area contributed by atoms with Crippen LogP contribution >= 0.6 is 0 Å². The first-order valence-corrected chi connectivity index (χ1v) is 7.13. The molecule has 0 spiro atoms. The molecule has 0 atom stereocenters. The molecule has 0 bridgehead atoms. The van der Waals surface area contributed by atoms with Gasteiger partial charge in [0.2, 0.25) is 0 Å². The second kappa shape index (κ2) is 5.05. The predicted octanol–water partition coefficient (Wildman–Crippen LogP) is -0.645. The van der Waals surface area contributed by atoms with Crippen molar-refractivity contribution in [3.05, 3.63) is 29.8 Å². The smallest absolute Gasteiger partial charge is 0.285 e. The van der Waals surface area contributed by atoms with Gasteiger partial charge in [0.1, 0.15) is 4.90 Å². The van der Waals surface area contributed by atoms with Crippen LogP contribution in [0.15, 0.2) is 33.6 Å². The van der Waals surface area contributed by atoms with Crippen molar-refractivity contribution in [2.45, 2.75) is 4.90 Å². The van der Waals surface area contributed by atoms with E-state index in [1.165, 1.54) is 0 Å². The molecular weight excluding hydrogens is 252 g/mol. The van der Waals surface area contributed by atoms with Gasteiger partial charge in [0.15, 0.2) is 5.84 Å². The summed E-state index contributed by atoms with van der Waals surface area (Å²) in [5, 5.41) is 0. The highest BCUT2D eigenvalue weighted by molar-refractivity contribution is 7.90. The van der Waals surface area contributed by atoms with E-state index in [1.54, 1.807) is 24.3 Å². The molecular formula is C11H16N4O2S. The Hall–Kier alpha value is -1.44. The van der Waals surface area contributed by atoms with Crippen LogP contribution in [0.4, 0.5) is 0 Å². The Morgan fingerprint density at radius 2 is 1.72 bits per heavy atom. The molecule has 1 aliphatic heterocycles. The first-order valence-electron chi connectivity index (χ1n) is 5.69. The molecule has 1 aromatic carbocycles. The SMILES string of the molecule is NCCN(CCN)C1=NS(=O)(=O)c2ccccc21. The van der Waals surface area contributed by atoms with Crippen molar-refractivity contribution in [1.29, 1.82) is 0 Å². The lowest BCUT2D eigenvalue weighted by Gasteiger charge is -2.22. The van der Waals surface area contributed by atoms with Crippen LogP contribution in [-0.2, 0) is 10.0 Å². The lowest BCUT2D eigenvalue weighted by Crippen LogP contribution is -2.38. The number of rotatable bonds is 4. The molecule has 1 aromatic rings. The highest BCUT2D eigenvalue weighted by Gasteiger charge is 2.30. The van der Waals surface area contributed by atoms with E-state index < -0.39 is 10.0 Å². The highest BCUT2D eigenvalue weighted by atomic mass is 32.2. The van der Waals surface area contributed by atoms with E-state index in [9.17, 15) is 8.42 Å². The molecule has 0 saturated heterocycles. The Bertz CT molecular complexity index is 562. The Balaban J connectivity index is 2.46. The maximum Gasteiger partial charge on any atom is 0.285 e. The van der Waals surface area contributed by atoms with Gasteiger partial charge in [0, 0.05) is 31.7 Å². The summed E-state index contributed by atoms with van der Waals surface area (Å²) in [6.07, 6.45) is 0. The van der Waals surface area contributed by atoms with E-state index in [1.807, 2.05) is 4.90 Å². The molecule has 4 N–H and O–H groups in total. The third-order valence-electron chi connectivity index (χ3n) is 2.71. The van der Waals surface area contributed by atoms with Crippen molar-refractivity contribution in [3.8, 4) is 0 Å². The van der Waals surface area contributed by atoms with Gasteiger partial charge >= 0.3 is 0 Å². The molecule has 0 unspecified atom stereocenters. The predicted molar refractivity (Wildman–Crippen MR) is 69.8 cm³/mol. The van der Waals surface area contributed by atoms with Crippen LogP contribution in [0.1, 0.15) is 5.56 Å². The van der Waals surface area contributed by atoms with Crippen molar-refractivity contribution < 1.29 is 8.42 Å². The molecule has 0 aliphatic carbocycles. The van der Waals surface area contributed by atoms with Crippen molar-refractivity contribution in [3.63, 3.8) is 0 Å². The fourth-order valence-corrected chi connectivity index (χ4v) is 3.18. The Labute approximate surface area is 106 Å². The minimum Gasteiger partial charge on any atom is -0.353 e. The van der Waals surface area contributed by atoms with Crippen LogP contribution in [0.25, 0.3) is 0 Å². The molecule has 18 heavy (non-hydrogen) atoms. The number of amidine groups is 1. The number of benzene rings is 1. The van der Waals surface area contributed by atoms with Gasteiger partial charge < -0.3 is 16.4 Å². The number of nitrogens with zero attached hydrogens (tertiary/aromatic N) is 2. The Morgan fingerprint density at radius 1 is 1.11 bits per heavy atom. The van der Waals surface area contributed by atoms with E-state index in [0.717, 1.165) is 0 Å². The van der Waals surface area contributed by atoms with E-state index in [0.29, 0.717) is 37.6 Å². The first kappa shape index (κ1) is 13.0. The van der Waals surface area contributed by atoms with E-state index in [4.69, 9.17) is 11.5 Å². The Morgan fingerprint density at radius 3 is 2.33 bits per heavy atom. The lowest BCUT2D eigenvalue weighted by atomic mass is 10.2. The molecule has 2 rings (SSSR count). The summed E-state index contributed by atoms with van der Waals surface area (Å²) in [6.45, 7) is 1.89. The van der Waals surface area contributed by atoms with Crippen LogP contribution in [0.5, 0.6) is 0 Å². The third-order valence-corrected chi connectivity index (χ3v) is 4.04. The largest absolute Gasteiger partial charge is 0.353 e. The maximum atomic E-state index is 11.9. The number of hydrogen-bond donors (Lipinski definition) is 2. The zero-order valence-corrected chi connectivity index (χ0v) is 10.7. The molecule has 1 aliphatic rings. The number of nitrogens with two attached hydrogens (primary N) is 2. The zero-order valence-electron chi connectivity index (χ0n) is 9.91. The van der Waals surface area contributed by atoms with Crippen molar-refractivity contribution in [1.82, 2.24) is 4.90 Å². The second-order valence-corrected chi connectivity index (χ2v) is 5.52. The summed E-state index contributed by atoms with van der Waals surface area (Å²) in [5.74, 6) is 0.446. The third kappa shape index (κ3) is 2.24. The minimum atomic E-state index is -3.57. The average molecular weight is 268 g/mol. The van der Waals surface area contributed by atoms with Gasteiger partial charge in [0.25, 0.3) is 10.0 Å². The average Bonchev–Trinajstić information content (AvgIpc) is 2.62. The standard InChI is InChI=1S/C11H16N4O2S/c12-5-7-15(8-6-13)11-9-3-1-2-4-10(9)18(16,17)14-11/h1-4H,5-8,12-13H2. The topological polar surface area (TPSA) is 102 Å². The summed E-state index contributed by atoms with van der Waals surface area (Å²) in [4.78, 5) is 2.06. The van der Waals surface area contributed by atoms with Crippen LogP contribution < -0.4 is 11.5 Å². The minimum absolute atomic E-state index is 0.249. The summed E-state index contributed by atoms with van der Waals surface area (Å²) >= 11 is 0. The molecule has 98 valence electrons. The monoisotopic (exact) mass is 268 g/mol. The Kier molecular flexibility index (Phi) is 3.65. The molecule has 7 heteroatoms. The summed E-state index contributed by atoms with van der Waals surface area (Å²) in [6, 6.07) is 6.78. The molecule has 0 amide bonds. The van der Waals surface area contributed by atoms with Gasteiger partial charge in [-0.2, -0.15) is 8.42 Å². The maximum absolute atomic E-state index is 11.9. The van der Waals surface area contributed by atoms with Gasteiger partial charge in [-0.1, -0.05) is 12.1 Å². The van der Waals surface area contributed by atoms with Crippen molar-refractivity contribution in [2.24, 2.45) is 15.9 Å². The molecule has 0 aromatic heterocycles. The van der Waals surface area contributed by atoms with E-state index in [-0.39, 0.29) is 4.90 Å². The quantitative estimate of drug-likeness (QED) is 0.756. The van der Waals surface area contributed by atoms with Crippen LogP contribution in [0, 0.1) is 0 Å². The summed E-state index contributed by atoms with van der Waals surface area (Å²) in [5.41, 5.74) is 11.7. The van der Waals surface area contributed by atoms with Crippen molar-refractivity contribution in [2.75, 3.05) is 26.2 Å².